The van der Waals surface area contributed by atoms with Crippen LogP contribution in [0.3, 0.4) is 0 Å². The molecule has 0 atom stereocenters. The predicted octanol–water partition coefficient (Wildman–Crippen LogP) is 1.66. The monoisotopic (exact) mass is 447 g/mol. The number of carbonyl (C=O) groups excluding carboxylic acids is 1. The van der Waals surface area contributed by atoms with Crippen LogP contribution in [0, 0.1) is 0 Å². The molecule has 1 amide bonds. The average Bonchev–Trinajstić information content (AvgIpc) is 2.85. The zero-order valence-corrected chi connectivity index (χ0v) is 18.0. The number of nitrogens with one attached hydrogen (secondary N) is 1. The van der Waals surface area contributed by atoms with E-state index < -0.39 is 17.2 Å². The number of methoxy groups -OCH3 is 2. The van der Waals surface area contributed by atoms with Gasteiger partial charge in [-0.1, -0.05) is 6.07 Å². The Morgan fingerprint density at radius 1 is 0.970 bits per heavy atom. The van der Waals surface area contributed by atoms with Gasteiger partial charge in [0.2, 0.25) is 5.91 Å². The van der Waals surface area contributed by atoms with Crippen LogP contribution >= 0.6 is 0 Å². The van der Waals surface area contributed by atoms with Crippen LogP contribution in [0.5, 0.6) is 11.5 Å². The first-order valence-electron chi connectivity index (χ1n) is 10.0. The average molecular weight is 447 g/mol. The molecule has 3 heterocycles. The van der Waals surface area contributed by atoms with Gasteiger partial charge >= 0.3 is 5.69 Å². The Labute approximate surface area is 188 Å². The molecule has 0 aliphatic heterocycles. The number of anilines is 1. The number of benzene rings is 1. The van der Waals surface area contributed by atoms with E-state index in [2.05, 4.69) is 15.3 Å². The van der Waals surface area contributed by atoms with Gasteiger partial charge in [0.05, 0.1) is 37.7 Å². The Hall–Kier alpha value is -4.47. The Bertz CT molecular complexity index is 1430. The third-order valence-corrected chi connectivity index (χ3v) is 5.02. The number of ether oxygens (including phenoxy) is 2. The lowest BCUT2D eigenvalue weighted by Crippen LogP contribution is -2.42. The van der Waals surface area contributed by atoms with E-state index in [0.29, 0.717) is 22.9 Å². The summed E-state index contributed by atoms with van der Waals surface area (Å²) in [6, 6.07) is 13.3. The fourth-order valence-corrected chi connectivity index (χ4v) is 3.42. The SMILES string of the molecule is COc1ccc(NC(=O)Cn2c(=O)n(Cc3ccccn3)c(=O)c3ncccc32)c(OC)c1. The van der Waals surface area contributed by atoms with Crippen molar-refractivity contribution < 1.29 is 14.3 Å². The Balaban J connectivity index is 1.72. The molecule has 0 radical (unpaired) electrons. The van der Waals surface area contributed by atoms with Gasteiger partial charge in [0.15, 0.2) is 5.52 Å². The first-order valence-corrected chi connectivity index (χ1v) is 10.0. The molecule has 0 fully saturated rings. The van der Waals surface area contributed by atoms with Gasteiger partial charge in [-0.25, -0.2) is 9.78 Å². The van der Waals surface area contributed by atoms with Crippen LogP contribution in [-0.2, 0) is 17.9 Å². The van der Waals surface area contributed by atoms with E-state index in [0.717, 1.165) is 4.57 Å². The molecule has 0 saturated heterocycles. The van der Waals surface area contributed by atoms with Crippen LogP contribution in [0.1, 0.15) is 5.69 Å². The summed E-state index contributed by atoms with van der Waals surface area (Å²) in [4.78, 5) is 47.4. The number of aromatic nitrogens is 4. The van der Waals surface area contributed by atoms with Crippen molar-refractivity contribution in [2.75, 3.05) is 19.5 Å². The van der Waals surface area contributed by atoms with Crippen molar-refractivity contribution in [3.8, 4) is 11.5 Å². The van der Waals surface area contributed by atoms with Crippen molar-refractivity contribution in [1.29, 1.82) is 0 Å². The van der Waals surface area contributed by atoms with E-state index in [1.807, 2.05) is 0 Å². The standard InChI is InChI=1S/C23H21N5O5/c1-32-16-8-9-17(19(12-16)33-2)26-20(29)14-27-18-7-5-11-25-21(18)22(30)28(23(27)31)13-15-6-3-4-10-24-15/h3-12H,13-14H2,1-2H3,(H,26,29). The highest BCUT2D eigenvalue weighted by atomic mass is 16.5. The Morgan fingerprint density at radius 2 is 1.79 bits per heavy atom. The lowest BCUT2D eigenvalue weighted by atomic mass is 10.2. The number of hydrogen-bond acceptors (Lipinski definition) is 7. The quantitative estimate of drug-likeness (QED) is 0.458. The summed E-state index contributed by atoms with van der Waals surface area (Å²) in [7, 11) is 3.00. The smallest absolute Gasteiger partial charge is 0.332 e. The molecule has 0 spiro atoms. The summed E-state index contributed by atoms with van der Waals surface area (Å²) in [6.07, 6.45) is 3.04. The molecule has 1 N–H and O–H groups in total. The summed E-state index contributed by atoms with van der Waals surface area (Å²) in [5.74, 6) is 0.496. The Morgan fingerprint density at radius 3 is 2.52 bits per heavy atom. The lowest BCUT2D eigenvalue weighted by molar-refractivity contribution is -0.116. The van der Waals surface area contributed by atoms with Gasteiger partial charge in [-0.3, -0.25) is 23.7 Å². The maximum atomic E-state index is 13.3. The minimum absolute atomic E-state index is 0.0427. The molecule has 10 nitrogen and oxygen atoms in total. The van der Waals surface area contributed by atoms with Crippen LogP contribution in [0.2, 0.25) is 0 Å². The van der Waals surface area contributed by atoms with Gasteiger partial charge in [0.25, 0.3) is 5.56 Å². The molecule has 0 bridgehead atoms. The van der Waals surface area contributed by atoms with Crippen molar-refractivity contribution in [3.63, 3.8) is 0 Å². The normalized spacial score (nSPS) is 10.7. The summed E-state index contributed by atoms with van der Waals surface area (Å²) < 4.78 is 12.7. The van der Waals surface area contributed by atoms with Crippen molar-refractivity contribution in [2.45, 2.75) is 13.1 Å². The van der Waals surface area contributed by atoms with Crippen molar-refractivity contribution in [2.24, 2.45) is 0 Å². The molecule has 4 rings (SSSR count). The van der Waals surface area contributed by atoms with Crippen LogP contribution in [0.25, 0.3) is 11.0 Å². The number of rotatable bonds is 7. The zero-order chi connectivity index (χ0) is 23.4. The first-order chi connectivity index (χ1) is 16.0. The second-order valence-corrected chi connectivity index (χ2v) is 7.07. The summed E-state index contributed by atoms with van der Waals surface area (Å²) >= 11 is 0. The number of fused-ring (bicyclic) bond motifs is 1. The summed E-state index contributed by atoms with van der Waals surface area (Å²) in [5.41, 5.74) is 0.119. The molecule has 0 unspecified atom stereocenters. The fourth-order valence-electron chi connectivity index (χ4n) is 3.42. The first kappa shape index (κ1) is 21.8. The van der Waals surface area contributed by atoms with E-state index in [1.54, 1.807) is 54.7 Å². The van der Waals surface area contributed by atoms with Crippen molar-refractivity contribution in [1.82, 2.24) is 19.1 Å². The van der Waals surface area contributed by atoms with Gasteiger partial charge in [-0.2, -0.15) is 0 Å². The maximum Gasteiger partial charge on any atom is 0.332 e. The minimum Gasteiger partial charge on any atom is -0.497 e. The van der Waals surface area contributed by atoms with E-state index in [-0.39, 0.29) is 24.1 Å². The van der Waals surface area contributed by atoms with Crippen LogP contribution < -0.4 is 26.0 Å². The molecule has 10 heteroatoms. The molecule has 3 aromatic heterocycles. The van der Waals surface area contributed by atoms with E-state index >= 15 is 0 Å². The van der Waals surface area contributed by atoms with Gasteiger partial charge in [0.1, 0.15) is 18.0 Å². The van der Waals surface area contributed by atoms with Gasteiger partial charge < -0.3 is 14.8 Å². The highest BCUT2D eigenvalue weighted by Gasteiger charge is 2.17. The molecule has 0 aliphatic carbocycles. The number of amides is 1. The second kappa shape index (κ2) is 9.35. The molecule has 33 heavy (non-hydrogen) atoms. The molecule has 168 valence electrons. The number of carbonyl (C=O) groups is 1. The maximum absolute atomic E-state index is 13.3. The van der Waals surface area contributed by atoms with Gasteiger partial charge in [-0.15, -0.1) is 0 Å². The largest absolute Gasteiger partial charge is 0.497 e. The Kier molecular flexibility index (Phi) is 6.16. The number of nitrogens with zero attached hydrogens (tertiary/aromatic N) is 4. The highest BCUT2D eigenvalue weighted by molar-refractivity contribution is 5.93. The van der Waals surface area contributed by atoms with Gasteiger partial charge in [0, 0.05) is 18.5 Å². The minimum atomic E-state index is -0.636. The highest BCUT2D eigenvalue weighted by Crippen LogP contribution is 2.29. The summed E-state index contributed by atoms with van der Waals surface area (Å²) in [5, 5.41) is 2.74. The van der Waals surface area contributed by atoms with Crippen LogP contribution in [0.15, 0.2) is 70.5 Å². The molecular formula is C23H21N5O5. The van der Waals surface area contributed by atoms with Crippen molar-refractivity contribution in [3.05, 3.63) is 87.5 Å². The molecular weight excluding hydrogens is 426 g/mol. The van der Waals surface area contributed by atoms with Crippen molar-refractivity contribution >= 4 is 22.6 Å². The number of hydrogen-bond donors (Lipinski definition) is 1. The third-order valence-electron chi connectivity index (χ3n) is 5.02. The number of pyridine rings is 2. The van der Waals surface area contributed by atoms with E-state index in [4.69, 9.17) is 9.47 Å². The second-order valence-electron chi connectivity index (χ2n) is 7.07. The predicted molar refractivity (Wildman–Crippen MR) is 122 cm³/mol. The third kappa shape index (κ3) is 4.45. The van der Waals surface area contributed by atoms with Crippen LogP contribution in [-0.4, -0.2) is 39.2 Å². The van der Waals surface area contributed by atoms with E-state index in [9.17, 15) is 14.4 Å². The summed E-state index contributed by atoms with van der Waals surface area (Å²) in [6.45, 7) is -0.377. The molecule has 1 aromatic carbocycles. The molecule has 0 aliphatic rings. The van der Waals surface area contributed by atoms with Crippen LogP contribution in [0.4, 0.5) is 5.69 Å². The lowest BCUT2D eigenvalue weighted by Gasteiger charge is -2.15. The zero-order valence-electron chi connectivity index (χ0n) is 18.0. The topological polar surface area (TPSA) is 117 Å². The van der Waals surface area contributed by atoms with E-state index in [1.165, 1.54) is 25.0 Å². The van der Waals surface area contributed by atoms with Gasteiger partial charge in [-0.05, 0) is 36.4 Å². The molecule has 0 saturated carbocycles. The fraction of sp³-hybridized carbons (Fsp3) is 0.174. The molecule has 4 aromatic rings.